The van der Waals surface area contributed by atoms with Crippen molar-refractivity contribution in [1.82, 2.24) is 15.0 Å². The van der Waals surface area contributed by atoms with Crippen molar-refractivity contribution in [2.45, 2.75) is 68.5 Å². The number of pyridine rings is 1. The second-order valence-corrected chi connectivity index (χ2v) is 11.5. The minimum atomic E-state index is -3.71. The number of anilines is 1. The van der Waals surface area contributed by atoms with Crippen molar-refractivity contribution in [2.75, 3.05) is 25.2 Å². The number of hydrogen-bond acceptors (Lipinski definition) is 6. The van der Waals surface area contributed by atoms with Crippen molar-refractivity contribution < 1.29 is 22.3 Å². The molecule has 2 N–H and O–H groups in total. The Hall–Kier alpha value is -2.56. The van der Waals surface area contributed by atoms with E-state index in [1.807, 2.05) is 6.92 Å². The van der Waals surface area contributed by atoms with E-state index < -0.39 is 10.0 Å². The van der Waals surface area contributed by atoms with Crippen LogP contribution in [0.5, 0.6) is 0 Å². The molecule has 0 bridgehead atoms. The molecule has 2 heterocycles. The SMILES string of the molecule is COC[C@H]1CCCN1c1ccc(S(=O)(=O)N[C@H]2CC[C@H](C(=O)N[C@H](C)c3ccc(F)cc3)CC2)cn1. The molecule has 10 heteroatoms. The molecule has 1 aliphatic carbocycles. The fourth-order valence-corrected chi connectivity index (χ4v) is 6.38. The zero-order chi connectivity index (χ0) is 25.7. The van der Waals surface area contributed by atoms with Gasteiger partial charge in [-0.15, -0.1) is 0 Å². The van der Waals surface area contributed by atoms with E-state index in [2.05, 4.69) is 19.9 Å². The molecule has 1 aromatic heterocycles. The van der Waals surface area contributed by atoms with Crippen LogP contribution < -0.4 is 14.9 Å². The number of nitrogens with one attached hydrogen (secondary N) is 2. The molecule has 2 atom stereocenters. The highest BCUT2D eigenvalue weighted by molar-refractivity contribution is 7.89. The van der Waals surface area contributed by atoms with E-state index in [1.54, 1.807) is 31.4 Å². The van der Waals surface area contributed by atoms with Crippen molar-refractivity contribution >= 4 is 21.7 Å². The fourth-order valence-electron chi connectivity index (χ4n) is 5.13. The number of sulfonamides is 1. The van der Waals surface area contributed by atoms with E-state index in [0.29, 0.717) is 32.3 Å². The van der Waals surface area contributed by atoms with Crippen LogP contribution in [0.25, 0.3) is 0 Å². The van der Waals surface area contributed by atoms with Gasteiger partial charge in [0.25, 0.3) is 0 Å². The lowest BCUT2D eigenvalue weighted by Gasteiger charge is -2.29. The number of benzene rings is 1. The zero-order valence-electron chi connectivity index (χ0n) is 20.8. The number of ether oxygens (including phenoxy) is 1. The number of hydrogen-bond donors (Lipinski definition) is 2. The summed E-state index contributed by atoms with van der Waals surface area (Å²) in [7, 11) is -2.03. The van der Waals surface area contributed by atoms with Gasteiger partial charge in [-0.1, -0.05) is 12.1 Å². The molecular weight excluding hydrogens is 483 g/mol. The lowest BCUT2D eigenvalue weighted by molar-refractivity contribution is -0.126. The van der Waals surface area contributed by atoms with Gasteiger partial charge in [0.15, 0.2) is 0 Å². The molecule has 0 radical (unpaired) electrons. The normalized spacial score (nSPS) is 23.4. The molecular formula is C26H35FN4O4S. The molecule has 1 saturated heterocycles. The van der Waals surface area contributed by atoms with Crippen molar-refractivity contribution in [3.05, 3.63) is 54.0 Å². The fraction of sp³-hybridized carbons (Fsp3) is 0.538. The first-order chi connectivity index (χ1) is 17.3. The zero-order valence-corrected chi connectivity index (χ0v) is 21.6. The quantitative estimate of drug-likeness (QED) is 0.527. The molecule has 1 aliphatic heterocycles. The highest BCUT2D eigenvalue weighted by atomic mass is 32.2. The Morgan fingerprint density at radius 3 is 2.50 bits per heavy atom. The Balaban J connectivity index is 1.28. The molecule has 2 aliphatic rings. The van der Waals surface area contributed by atoms with Gasteiger partial charge in [0.2, 0.25) is 15.9 Å². The van der Waals surface area contributed by atoms with E-state index in [1.165, 1.54) is 18.3 Å². The monoisotopic (exact) mass is 518 g/mol. The smallest absolute Gasteiger partial charge is 0.242 e. The summed E-state index contributed by atoms with van der Waals surface area (Å²) < 4.78 is 47.1. The second-order valence-electron chi connectivity index (χ2n) is 9.75. The molecule has 0 spiro atoms. The second kappa shape index (κ2) is 11.7. The van der Waals surface area contributed by atoms with E-state index in [4.69, 9.17) is 4.74 Å². The van der Waals surface area contributed by atoms with Crippen LogP contribution in [0.3, 0.4) is 0 Å². The summed E-state index contributed by atoms with van der Waals surface area (Å²) in [5.74, 6) is 0.221. The molecule has 8 nitrogen and oxygen atoms in total. The van der Waals surface area contributed by atoms with Gasteiger partial charge in [0.05, 0.1) is 18.7 Å². The minimum Gasteiger partial charge on any atom is -0.383 e. The maximum atomic E-state index is 13.1. The third-order valence-electron chi connectivity index (χ3n) is 7.21. The van der Waals surface area contributed by atoms with Gasteiger partial charge < -0.3 is 15.0 Å². The first-order valence-corrected chi connectivity index (χ1v) is 14.0. The molecule has 0 unspecified atom stereocenters. The average molecular weight is 519 g/mol. The largest absolute Gasteiger partial charge is 0.383 e. The molecule has 4 rings (SSSR count). The molecule has 2 aromatic rings. The van der Waals surface area contributed by atoms with Crippen LogP contribution in [-0.4, -0.2) is 51.7 Å². The van der Waals surface area contributed by atoms with Gasteiger partial charge in [-0.25, -0.2) is 22.5 Å². The van der Waals surface area contributed by atoms with Crippen LogP contribution >= 0.6 is 0 Å². The maximum Gasteiger partial charge on any atom is 0.242 e. The van der Waals surface area contributed by atoms with Gasteiger partial charge in [0.1, 0.15) is 16.5 Å². The molecule has 2 fully saturated rings. The van der Waals surface area contributed by atoms with Crippen LogP contribution in [0, 0.1) is 11.7 Å². The summed E-state index contributed by atoms with van der Waals surface area (Å²) >= 11 is 0. The lowest BCUT2D eigenvalue weighted by atomic mass is 9.85. The van der Waals surface area contributed by atoms with Crippen molar-refractivity contribution in [3.63, 3.8) is 0 Å². The predicted molar refractivity (Wildman–Crippen MR) is 136 cm³/mol. The topological polar surface area (TPSA) is 101 Å². The van der Waals surface area contributed by atoms with Crippen LogP contribution in [0.2, 0.25) is 0 Å². The highest BCUT2D eigenvalue weighted by Crippen LogP contribution is 2.28. The summed E-state index contributed by atoms with van der Waals surface area (Å²) in [5, 5.41) is 2.99. The van der Waals surface area contributed by atoms with Crippen LogP contribution in [0.4, 0.5) is 10.2 Å². The van der Waals surface area contributed by atoms with E-state index in [-0.39, 0.29) is 40.7 Å². The van der Waals surface area contributed by atoms with E-state index in [0.717, 1.165) is 30.8 Å². The van der Waals surface area contributed by atoms with E-state index in [9.17, 15) is 17.6 Å². The van der Waals surface area contributed by atoms with Gasteiger partial charge in [-0.3, -0.25) is 4.79 Å². The Bertz CT molecular complexity index is 1120. The van der Waals surface area contributed by atoms with Crippen LogP contribution in [-0.2, 0) is 19.6 Å². The van der Waals surface area contributed by atoms with Gasteiger partial charge >= 0.3 is 0 Å². The van der Waals surface area contributed by atoms with Crippen molar-refractivity contribution in [3.8, 4) is 0 Å². The molecule has 1 aromatic carbocycles. The number of amides is 1. The number of methoxy groups -OCH3 is 1. The predicted octanol–water partition coefficient (Wildman–Crippen LogP) is 3.55. The number of aromatic nitrogens is 1. The standard InChI is InChI=1S/C26H35FN4O4S/c1-18(19-5-9-21(27)10-6-19)29-26(32)20-7-11-22(12-8-20)30-36(33,34)24-13-14-25(28-16-24)31-15-3-4-23(31)17-35-2/h5-6,9-10,13-14,16,18,20,22-23,30H,3-4,7-8,11-12,15,17H2,1-2H3,(H,29,32)/t18-,20-,22-,23-/m1/s1. The third kappa shape index (κ3) is 6.41. The lowest BCUT2D eigenvalue weighted by Crippen LogP contribution is -2.41. The highest BCUT2D eigenvalue weighted by Gasteiger charge is 2.30. The van der Waals surface area contributed by atoms with Crippen molar-refractivity contribution in [2.24, 2.45) is 5.92 Å². The van der Waals surface area contributed by atoms with Crippen molar-refractivity contribution in [1.29, 1.82) is 0 Å². The molecule has 36 heavy (non-hydrogen) atoms. The molecule has 1 saturated carbocycles. The summed E-state index contributed by atoms with van der Waals surface area (Å²) in [4.78, 5) is 19.4. The number of rotatable bonds is 9. The number of carbonyl (C=O) groups excluding carboxylic acids is 1. The molecule has 196 valence electrons. The minimum absolute atomic E-state index is 0.0541. The van der Waals surface area contributed by atoms with E-state index >= 15 is 0 Å². The summed E-state index contributed by atoms with van der Waals surface area (Å²) in [5.41, 5.74) is 0.838. The Morgan fingerprint density at radius 1 is 1.14 bits per heavy atom. The maximum absolute atomic E-state index is 13.1. The summed E-state index contributed by atoms with van der Waals surface area (Å²) in [6.45, 7) is 3.37. The number of carbonyl (C=O) groups is 1. The Kier molecular flexibility index (Phi) is 8.58. The van der Waals surface area contributed by atoms with Crippen LogP contribution in [0.15, 0.2) is 47.5 Å². The number of nitrogens with zero attached hydrogens (tertiary/aromatic N) is 2. The summed E-state index contributed by atoms with van der Waals surface area (Å²) in [6.07, 6.45) is 5.87. The Morgan fingerprint density at radius 2 is 1.86 bits per heavy atom. The number of halogens is 1. The first kappa shape index (κ1) is 26.5. The van der Waals surface area contributed by atoms with Gasteiger partial charge in [-0.05, 0) is 75.3 Å². The van der Waals surface area contributed by atoms with Gasteiger partial charge in [-0.2, -0.15) is 0 Å². The Labute approximate surface area is 212 Å². The molecule has 1 amide bonds. The average Bonchev–Trinajstić information content (AvgIpc) is 3.33. The van der Waals surface area contributed by atoms with Crippen LogP contribution in [0.1, 0.15) is 57.1 Å². The third-order valence-corrected chi connectivity index (χ3v) is 8.72. The summed E-state index contributed by atoms with van der Waals surface area (Å²) in [6, 6.07) is 9.25. The first-order valence-electron chi connectivity index (χ1n) is 12.6. The van der Waals surface area contributed by atoms with Gasteiger partial charge in [0, 0.05) is 31.8 Å².